The van der Waals surface area contributed by atoms with E-state index in [0.29, 0.717) is 13.0 Å². The Morgan fingerprint density at radius 1 is 1.32 bits per heavy atom. The second-order valence-corrected chi connectivity index (χ2v) is 5.55. The van der Waals surface area contributed by atoms with Crippen molar-refractivity contribution in [1.82, 2.24) is 4.90 Å². The Morgan fingerprint density at radius 3 is 2.55 bits per heavy atom. The minimum atomic E-state index is -1.03. The minimum Gasteiger partial charge on any atom is -0.481 e. The van der Waals surface area contributed by atoms with Crippen LogP contribution in [0, 0.1) is 5.41 Å². The number of ether oxygens (including phenoxy) is 2. The Kier molecular flexibility index (Phi) is 5.15. The van der Waals surface area contributed by atoms with Crippen molar-refractivity contribution < 1.29 is 24.2 Å². The van der Waals surface area contributed by atoms with E-state index in [-0.39, 0.29) is 19.1 Å². The highest BCUT2D eigenvalue weighted by Crippen LogP contribution is 2.33. The third-order valence-electron chi connectivity index (χ3n) is 4.10. The fourth-order valence-corrected chi connectivity index (χ4v) is 2.86. The largest absolute Gasteiger partial charge is 0.481 e. The topological polar surface area (TPSA) is 76.1 Å². The smallest absolute Gasteiger partial charge is 0.313 e. The van der Waals surface area contributed by atoms with Crippen LogP contribution < -0.4 is 0 Å². The highest BCUT2D eigenvalue weighted by Gasteiger charge is 2.47. The van der Waals surface area contributed by atoms with Crippen LogP contribution in [-0.2, 0) is 19.1 Å². The van der Waals surface area contributed by atoms with E-state index < -0.39 is 17.5 Å². The van der Waals surface area contributed by atoms with E-state index in [1.807, 2.05) is 30.3 Å². The molecule has 1 aromatic rings. The molecule has 1 aliphatic heterocycles. The number of carbonyl (C=O) groups excluding carboxylic acids is 1. The summed E-state index contributed by atoms with van der Waals surface area (Å²) in [5, 5.41) is 9.46. The van der Waals surface area contributed by atoms with Crippen LogP contribution in [-0.4, -0.2) is 55.8 Å². The molecule has 0 bridgehead atoms. The molecule has 0 aliphatic carbocycles. The van der Waals surface area contributed by atoms with Crippen molar-refractivity contribution in [2.24, 2.45) is 5.41 Å². The van der Waals surface area contributed by atoms with Crippen molar-refractivity contribution in [3.63, 3.8) is 0 Å². The molecule has 1 aromatic carbocycles. The first-order valence-corrected chi connectivity index (χ1v) is 7.13. The van der Waals surface area contributed by atoms with Gasteiger partial charge in [0.2, 0.25) is 0 Å². The maximum absolute atomic E-state index is 12.7. The summed E-state index contributed by atoms with van der Waals surface area (Å²) >= 11 is 0. The van der Waals surface area contributed by atoms with Gasteiger partial charge in [-0.3, -0.25) is 9.59 Å². The number of methoxy groups -OCH3 is 2. The van der Waals surface area contributed by atoms with Gasteiger partial charge in [-0.15, -0.1) is 0 Å². The van der Waals surface area contributed by atoms with Crippen LogP contribution in [0.2, 0.25) is 0 Å². The van der Waals surface area contributed by atoms with E-state index in [9.17, 15) is 14.7 Å². The summed E-state index contributed by atoms with van der Waals surface area (Å²) in [5.41, 5.74) is -0.270. The van der Waals surface area contributed by atoms with Crippen LogP contribution >= 0.6 is 0 Å². The molecule has 6 heteroatoms. The van der Waals surface area contributed by atoms with Gasteiger partial charge in [-0.1, -0.05) is 30.3 Å². The second-order valence-electron chi connectivity index (χ2n) is 5.55. The van der Waals surface area contributed by atoms with Gasteiger partial charge >= 0.3 is 5.97 Å². The maximum Gasteiger partial charge on any atom is 0.313 e. The molecule has 2 atom stereocenters. The van der Waals surface area contributed by atoms with Gasteiger partial charge in [0.05, 0.1) is 6.61 Å². The standard InChI is InChI=1S/C16H21NO5/c1-21-11-16(15(19)20)8-9-17(10-16)14(18)13(22-2)12-6-4-3-5-7-12/h3-7,13H,8-11H2,1-2H3,(H,19,20). The van der Waals surface area contributed by atoms with Crippen LogP contribution in [0.1, 0.15) is 18.1 Å². The SMILES string of the molecule is COCC1(C(=O)O)CCN(C(=O)C(OC)c2ccccc2)C1. The molecule has 6 nitrogen and oxygen atoms in total. The number of amides is 1. The van der Waals surface area contributed by atoms with Gasteiger partial charge in [-0.05, 0) is 12.0 Å². The van der Waals surface area contributed by atoms with Crippen LogP contribution in [0.4, 0.5) is 0 Å². The summed E-state index contributed by atoms with van der Waals surface area (Å²) in [4.78, 5) is 25.8. The monoisotopic (exact) mass is 307 g/mol. The van der Waals surface area contributed by atoms with Crippen LogP contribution in [0.25, 0.3) is 0 Å². The Labute approximate surface area is 129 Å². The second kappa shape index (κ2) is 6.89. The zero-order chi connectivity index (χ0) is 16.2. The Bertz CT molecular complexity index is 533. The third kappa shape index (κ3) is 3.13. The molecule has 0 spiro atoms. The molecule has 1 fully saturated rings. The summed E-state index contributed by atoms with van der Waals surface area (Å²) in [6, 6.07) is 9.18. The Balaban J connectivity index is 2.15. The van der Waals surface area contributed by atoms with Crippen molar-refractivity contribution >= 4 is 11.9 Å². The van der Waals surface area contributed by atoms with Crippen molar-refractivity contribution in [1.29, 1.82) is 0 Å². The van der Waals surface area contributed by atoms with Gasteiger partial charge in [0.15, 0.2) is 6.10 Å². The molecule has 22 heavy (non-hydrogen) atoms. The lowest BCUT2D eigenvalue weighted by atomic mass is 9.88. The molecule has 1 aliphatic rings. The minimum absolute atomic E-state index is 0.0924. The lowest BCUT2D eigenvalue weighted by Crippen LogP contribution is -2.41. The number of hydrogen-bond acceptors (Lipinski definition) is 4. The summed E-state index contributed by atoms with van der Waals surface area (Å²) < 4.78 is 10.4. The normalized spacial score (nSPS) is 22.5. The molecular weight excluding hydrogens is 286 g/mol. The molecule has 1 amide bonds. The zero-order valence-corrected chi connectivity index (χ0v) is 12.8. The summed E-state index contributed by atoms with van der Waals surface area (Å²) in [7, 11) is 2.95. The molecular formula is C16H21NO5. The van der Waals surface area contributed by atoms with E-state index >= 15 is 0 Å². The van der Waals surface area contributed by atoms with Crippen LogP contribution in [0.5, 0.6) is 0 Å². The highest BCUT2D eigenvalue weighted by atomic mass is 16.5. The summed E-state index contributed by atoms with van der Waals surface area (Å²) in [6.07, 6.45) is -0.332. The van der Waals surface area contributed by atoms with Gasteiger partial charge in [0, 0.05) is 27.3 Å². The van der Waals surface area contributed by atoms with Crippen molar-refractivity contribution in [3.05, 3.63) is 35.9 Å². The van der Waals surface area contributed by atoms with Crippen molar-refractivity contribution in [2.45, 2.75) is 12.5 Å². The van der Waals surface area contributed by atoms with E-state index in [2.05, 4.69) is 0 Å². The Morgan fingerprint density at radius 2 is 2.00 bits per heavy atom. The van der Waals surface area contributed by atoms with Crippen LogP contribution in [0.3, 0.4) is 0 Å². The number of likely N-dealkylation sites (tertiary alicyclic amines) is 1. The van der Waals surface area contributed by atoms with Gasteiger partial charge in [-0.2, -0.15) is 0 Å². The Hall–Kier alpha value is -1.92. The molecule has 2 unspecified atom stereocenters. The van der Waals surface area contributed by atoms with Gasteiger partial charge in [0.1, 0.15) is 5.41 Å². The van der Waals surface area contributed by atoms with E-state index in [1.54, 1.807) is 4.90 Å². The average Bonchev–Trinajstić information content (AvgIpc) is 2.95. The fraction of sp³-hybridized carbons (Fsp3) is 0.500. The number of carbonyl (C=O) groups is 2. The van der Waals surface area contributed by atoms with Gasteiger partial charge in [-0.25, -0.2) is 0 Å². The number of nitrogens with zero attached hydrogens (tertiary/aromatic N) is 1. The summed E-state index contributed by atoms with van der Waals surface area (Å²) in [6.45, 7) is 0.623. The average molecular weight is 307 g/mol. The van der Waals surface area contributed by atoms with E-state index in [0.717, 1.165) is 5.56 Å². The number of carboxylic acids is 1. The number of hydrogen-bond donors (Lipinski definition) is 1. The molecule has 1 saturated heterocycles. The first-order valence-electron chi connectivity index (χ1n) is 7.13. The predicted octanol–water partition coefficient (Wildman–Crippen LogP) is 1.32. The van der Waals surface area contributed by atoms with Crippen molar-refractivity contribution in [2.75, 3.05) is 33.9 Å². The number of benzene rings is 1. The van der Waals surface area contributed by atoms with Crippen molar-refractivity contribution in [3.8, 4) is 0 Å². The highest BCUT2D eigenvalue weighted by molar-refractivity contribution is 5.84. The third-order valence-corrected chi connectivity index (χ3v) is 4.10. The molecule has 2 rings (SSSR count). The fourth-order valence-electron chi connectivity index (χ4n) is 2.86. The van der Waals surface area contributed by atoms with E-state index in [4.69, 9.17) is 9.47 Å². The number of carboxylic acid groups (broad SMARTS) is 1. The van der Waals surface area contributed by atoms with Gasteiger partial charge < -0.3 is 19.5 Å². The summed E-state index contributed by atoms with van der Waals surface area (Å²) in [5.74, 6) is -1.15. The molecule has 120 valence electrons. The quantitative estimate of drug-likeness (QED) is 0.858. The molecule has 0 aromatic heterocycles. The van der Waals surface area contributed by atoms with Gasteiger partial charge in [0.25, 0.3) is 5.91 Å². The number of aliphatic carboxylic acids is 1. The molecule has 0 radical (unpaired) electrons. The number of rotatable bonds is 6. The first kappa shape index (κ1) is 16.5. The lowest BCUT2D eigenvalue weighted by molar-refractivity contribution is -0.152. The molecule has 0 saturated carbocycles. The molecule has 1 heterocycles. The predicted molar refractivity (Wildman–Crippen MR) is 79.3 cm³/mol. The van der Waals surface area contributed by atoms with E-state index in [1.165, 1.54) is 14.2 Å². The first-order chi connectivity index (χ1) is 10.5. The lowest BCUT2D eigenvalue weighted by Gasteiger charge is -2.26. The molecule has 1 N–H and O–H groups in total. The zero-order valence-electron chi connectivity index (χ0n) is 12.8. The van der Waals surface area contributed by atoms with Crippen LogP contribution in [0.15, 0.2) is 30.3 Å². The maximum atomic E-state index is 12.7.